The van der Waals surface area contributed by atoms with Crippen molar-refractivity contribution in [2.45, 2.75) is 13.8 Å². The van der Waals surface area contributed by atoms with E-state index >= 15 is 0 Å². The zero-order valence-corrected chi connectivity index (χ0v) is 12.8. The molecule has 0 aromatic heterocycles. The highest BCUT2D eigenvalue weighted by Crippen LogP contribution is 2.20. The van der Waals surface area contributed by atoms with Gasteiger partial charge in [-0.1, -0.05) is 0 Å². The van der Waals surface area contributed by atoms with Gasteiger partial charge >= 0.3 is 17.1 Å². The molecular formula is C12H22O3Si2. The summed E-state index contributed by atoms with van der Waals surface area (Å²) in [6, 6.07) is 0. The van der Waals surface area contributed by atoms with Gasteiger partial charge in [0.15, 0.2) is 0 Å². The van der Waals surface area contributed by atoms with Crippen molar-refractivity contribution in [2.75, 3.05) is 13.2 Å². The van der Waals surface area contributed by atoms with Crippen molar-refractivity contribution in [3.8, 4) is 0 Å². The Morgan fingerprint density at radius 3 is 1.24 bits per heavy atom. The third kappa shape index (κ3) is 4.21. The van der Waals surface area contributed by atoms with Crippen LogP contribution in [0.2, 0.25) is 0 Å². The summed E-state index contributed by atoms with van der Waals surface area (Å²) < 4.78 is 17.4. The van der Waals surface area contributed by atoms with Crippen LogP contribution in [0.15, 0.2) is 49.1 Å². The van der Waals surface area contributed by atoms with Crippen molar-refractivity contribution in [1.82, 2.24) is 0 Å². The molecule has 0 unspecified atom stereocenters. The largest absolute Gasteiger partial charge is 0.402 e. The van der Waals surface area contributed by atoms with Gasteiger partial charge in [-0.05, 0) is 36.6 Å². The fourth-order valence-electron chi connectivity index (χ4n) is 1.33. The summed E-state index contributed by atoms with van der Waals surface area (Å²) in [6.45, 7) is 20.0. The van der Waals surface area contributed by atoms with Crippen LogP contribution in [0.3, 0.4) is 0 Å². The van der Waals surface area contributed by atoms with Crippen molar-refractivity contribution >= 4 is 17.1 Å². The summed E-state index contributed by atoms with van der Waals surface area (Å²) in [6.07, 6.45) is 0. The molecule has 0 saturated heterocycles. The molecule has 0 fully saturated rings. The summed E-state index contributed by atoms with van der Waals surface area (Å²) in [5.74, 6) is 0. The molecule has 0 atom stereocenters. The van der Waals surface area contributed by atoms with E-state index in [-0.39, 0.29) is 0 Å². The molecule has 0 radical (unpaired) electrons. The molecule has 0 bridgehead atoms. The molecule has 0 aromatic carbocycles. The molecule has 0 saturated carbocycles. The average Bonchev–Trinajstić information content (AvgIpc) is 2.37. The third-order valence-corrected chi connectivity index (χ3v) is 8.51. The lowest BCUT2D eigenvalue weighted by Crippen LogP contribution is -2.52. The van der Waals surface area contributed by atoms with Gasteiger partial charge in [0.25, 0.3) is 0 Å². The van der Waals surface area contributed by atoms with E-state index in [2.05, 4.69) is 26.3 Å². The van der Waals surface area contributed by atoms with E-state index in [4.69, 9.17) is 13.0 Å². The van der Waals surface area contributed by atoms with Crippen LogP contribution in [-0.4, -0.2) is 30.3 Å². The molecule has 0 heterocycles. The monoisotopic (exact) mass is 270 g/mol. The quantitative estimate of drug-likeness (QED) is 0.571. The molecule has 0 rings (SSSR count). The SMILES string of the molecule is C=C[Si](C=C)(OCC)O[Si](C=C)(C=C)OCC. The maximum atomic E-state index is 6.06. The molecule has 0 aliphatic carbocycles. The number of hydrogen-bond acceptors (Lipinski definition) is 3. The van der Waals surface area contributed by atoms with Gasteiger partial charge in [-0.15, -0.1) is 26.3 Å². The van der Waals surface area contributed by atoms with E-state index in [0.717, 1.165) is 0 Å². The van der Waals surface area contributed by atoms with Gasteiger partial charge < -0.3 is 13.0 Å². The molecular weight excluding hydrogens is 248 g/mol. The van der Waals surface area contributed by atoms with Crippen molar-refractivity contribution in [2.24, 2.45) is 0 Å². The Hall–Kier alpha value is -0.726. The second kappa shape index (κ2) is 7.57. The summed E-state index contributed by atoms with van der Waals surface area (Å²) in [5.41, 5.74) is 6.77. The first kappa shape index (κ1) is 16.3. The maximum absolute atomic E-state index is 6.06. The highest BCUT2D eigenvalue weighted by molar-refractivity contribution is 6.90. The van der Waals surface area contributed by atoms with Crippen molar-refractivity contribution in [3.05, 3.63) is 49.1 Å². The van der Waals surface area contributed by atoms with Crippen molar-refractivity contribution in [3.63, 3.8) is 0 Å². The number of hydrogen-bond donors (Lipinski definition) is 0. The molecule has 0 aromatic rings. The van der Waals surface area contributed by atoms with Gasteiger partial charge in [-0.25, -0.2) is 0 Å². The Balaban J connectivity index is 5.15. The second-order valence-corrected chi connectivity index (χ2v) is 9.14. The first-order valence-electron chi connectivity index (χ1n) is 5.60. The fourth-order valence-corrected chi connectivity index (χ4v) is 6.83. The first-order valence-corrected chi connectivity index (χ1v) is 9.54. The Labute approximate surface area is 107 Å². The normalized spacial score (nSPS) is 11.9. The van der Waals surface area contributed by atoms with Crippen LogP contribution >= 0.6 is 0 Å². The summed E-state index contributed by atoms with van der Waals surface area (Å²) in [5, 5.41) is 0. The van der Waals surface area contributed by atoms with Gasteiger partial charge in [0, 0.05) is 13.2 Å². The van der Waals surface area contributed by atoms with E-state index in [0.29, 0.717) is 13.2 Å². The lowest BCUT2D eigenvalue weighted by molar-refractivity contribution is 0.222. The molecule has 96 valence electrons. The smallest absolute Gasteiger partial charge is 0.382 e. The average molecular weight is 270 g/mol. The van der Waals surface area contributed by atoms with Gasteiger partial charge in [0.05, 0.1) is 0 Å². The highest BCUT2D eigenvalue weighted by Gasteiger charge is 2.42. The first-order chi connectivity index (χ1) is 8.07. The van der Waals surface area contributed by atoms with E-state index < -0.39 is 17.1 Å². The fraction of sp³-hybridized carbons (Fsp3) is 0.333. The Morgan fingerprint density at radius 1 is 0.765 bits per heavy atom. The lowest BCUT2D eigenvalue weighted by Gasteiger charge is -2.33. The Morgan fingerprint density at radius 2 is 1.06 bits per heavy atom. The molecule has 0 aliphatic rings. The second-order valence-electron chi connectivity index (χ2n) is 3.23. The predicted octanol–water partition coefficient (Wildman–Crippen LogP) is 2.86. The molecule has 0 N–H and O–H groups in total. The molecule has 3 nitrogen and oxygen atoms in total. The molecule has 5 heteroatoms. The van der Waals surface area contributed by atoms with Gasteiger partial charge in [0.1, 0.15) is 0 Å². The minimum absolute atomic E-state index is 0.537. The van der Waals surface area contributed by atoms with E-state index in [9.17, 15) is 0 Å². The predicted molar refractivity (Wildman–Crippen MR) is 76.6 cm³/mol. The Kier molecular flexibility index (Phi) is 7.25. The van der Waals surface area contributed by atoms with Crippen LogP contribution in [0.5, 0.6) is 0 Å². The van der Waals surface area contributed by atoms with Gasteiger partial charge in [0.2, 0.25) is 0 Å². The van der Waals surface area contributed by atoms with Crippen LogP contribution in [0.4, 0.5) is 0 Å². The molecule has 0 aliphatic heterocycles. The standard InChI is InChI=1S/C12H22O3Si2/c1-7-13-16(9-3,10-4)15-17(11-5,12-6)14-8-2/h9-12H,3-8H2,1-2H3. The van der Waals surface area contributed by atoms with Crippen LogP contribution in [-0.2, 0) is 13.0 Å². The zero-order valence-electron chi connectivity index (χ0n) is 10.8. The minimum atomic E-state index is -2.64. The van der Waals surface area contributed by atoms with Crippen LogP contribution < -0.4 is 0 Å². The van der Waals surface area contributed by atoms with Crippen LogP contribution in [0.25, 0.3) is 0 Å². The summed E-state index contributed by atoms with van der Waals surface area (Å²) in [7, 11) is -5.27. The molecule has 0 amide bonds. The maximum Gasteiger partial charge on any atom is 0.382 e. The minimum Gasteiger partial charge on any atom is -0.402 e. The van der Waals surface area contributed by atoms with Crippen molar-refractivity contribution < 1.29 is 13.0 Å². The van der Waals surface area contributed by atoms with E-state index in [1.165, 1.54) is 0 Å². The van der Waals surface area contributed by atoms with Gasteiger partial charge in [-0.2, -0.15) is 0 Å². The van der Waals surface area contributed by atoms with Crippen LogP contribution in [0.1, 0.15) is 13.8 Å². The third-order valence-electron chi connectivity index (χ3n) is 2.20. The van der Waals surface area contributed by atoms with E-state index in [1.807, 2.05) is 13.8 Å². The highest BCUT2D eigenvalue weighted by atomic mass is 28.5. The number of rotatable bonds is 10. The summed E-state index contributed by atoms with van der Waals surface area (Å²) >= 11 is 0. The molecule has 17 heavy (non-hydrogen) atoms. The topological polar surface area (TPSA) is 27.7 Å². The van der Waals surface area contributed by atoms with Crippen LogP contribution in [0, 0.1) is 0 Å². The van der Waals surface area contributed by atoms with Crippen molar-refractivity contribution in [1.29, 1.82) is 0 Å². The zero-order chi connectivity index (χ0) is 13.4. The van der Waals surface area contributed by atoms with E-state index in [1.54, 1.807) is 22.8 Å². The molecule has 0 spiro atoms. The summed E-state index contributed by atoms with van der Waals surface area (Å²) in [4.78, 5) is 0. The lowest BCUT2D eigenvalue weighted by atomic mass is 10.9. The Bertz CT molecular complexity index is 245. The van der Waals surface area contributed by atoms with Gasteiger partial charge in [-0.3, -0.25) is 0 Å².